The van der Waals surface area contributed by atoms with Gasteiger partial charge in [-0.05, 0) is 13.0 Å². The van der Waals surface area contributed by atoms with Gasteiger partial charge in [-0.25, -0.2) is 14.5 Å². The lowest BCUT2D eigenvalue weighted by molar-refractivity contribution is 0.0528. The van der Waals surface area contributed by atoms with Gasteiger partial charge in [0, 0.05) is 6.20 Å². The molecule has 2 N–H and O–H groups in total. The number of fused-ring (bicyclic) bond motifs is 1. The highest BCUT2D eigenvalue weighted by Crippen LogP contribution is 2.16. The van der Waals surface area contributed by atoms with Crippen molar-refractivity contribution in [2.24, 2.45) is 5.73 Å². The van der Waals surface area contributed by atoms with E-state index in [1.807, 2.05) is 0 Å². The van der Waals surface area contributed by atoms with Crippen LogP contribution in [0.25, 0.3) is 11.0 Å². The minimum atomic E-state index is -0.369. The topological polar surface area (TPSA) is 83.0 Å². The first-order chi connectivity index (χ1) is 7.77. The van der Waals surface area contributed by atoms with Crippen LogP contribution in [0.5, 0.6) is 0 Å². The molecule has 0 bridgehead atoms. The molecule has 2 aromatic heterocycles. The van der Waals surface area contributed by atoms with Gasteiger partial charge < -0.3 is 10.5 Å². The fourth-order valence-corrected chi connectivity index (χ4v) is 1.50. The summed E-state index contributed by atoms with van der Waals surface area (Å²) in [6.45, 7) is 2.33. The number of esters is 1. The van der Waals surface area contributed by atoms with Crippen molar-refractivity contribution in [1.29, 1.82) is 0 Å². The zero-order valence-corrected chi connectivity index (χ0v) is 8.88. The molecule has 2 heterocycles. The van der Waals surface area contributed by atoms with Crippen LogP contribution in [0.4, 0.5) is 0 Å². The average molecular weight is 220 g/mol. The summed E-state index contributed by atoms with van der Waals surface area (Å²) < 4.78 is 6.47. The van der Waals surface area contributed by atoms with E-state index in [0.717, 1.165) is 0 Å². The summed E-state index contributed by atoms with van der Waals surface area (Å²) in [6, 6.07) is 1.61. The Hall–Kier alpha value is -1.95. The molecule has 0 aliphatic rings. The number of carbonyl (C=O) groups is 1. The van der Waals surface area contributed by atoms with Gasteiger partial charge in [0.25, 0.3) is 0 Å². The Morgan fingerprint density at radius 3 is 3.12 bits per heavy atom. The molecule has 0 aliphatic heterocycles. The van der Waals surface area contributed by atoms with Crippen LogP contribution >= 0.6 is 0 Å². The minimum absolute atomic E-state index is 0.225. The molecule has 84 valence electrons. The second-order valence-corrected chi connectivity index (χ2v) is 3.14. The number of rotatable bonds is 3. The third-order valence-electron chi connectivity index (χ3n) is 2.21. The van der Waals surface area contributed by atoms with Crippen LogP contribution in [-0.2, 0) is 11.4 Å². The van der Waals surface area contributed by atoms with Crippen LogP contribution in [0.2, 0.25) is 0 Å². The normalized spacial score (nSPS) is 10.6. The van der Waals surface area contributed by atoms with E-state index in [1.54, 1.807) is 25.4 Å². The van der Waals surface area contributed by atoms with Crippen LogP contribution in [0.15, 0.2) is 18.5 Å². The van der Waals surface area contributed by atoms with Gasteiger partial charge in [0.2, 0.25) is 0 Å². The van der Waals surface area contributed by atoms with E-state index in [0.29, 0.717) is 23.2 Å². The summed E-state index contributed by atoms with van der Waals surface area (Å²) in [4.78, 5) is 15.8. The number of hydrogen-bond acceptors (Lipinski definition) is 5. The number of ether oxygens (including phenoxy) is 1. The van der Waals surface area contributed by atoms with Crippen molar-refractivity contribution in [2.45, 2.75) is 13.6 Å². The van der Waals surface area contributed by atoms with E-state index < -0.39 is 0 Å². The summed E-state index contributed by atoms with van der Waals surface area (Å²) in [5, 5.41) is 4.70. The second-order valence-electron chi connectivity index (χ2n) is 3.14. The maximum Gasteiger partial charge on any atom is 0.338 e. The van der Waals surface area contributed by atoms with E-state index in [2.05, 4.69) is 10.1 Å². The molecule has 6 heteroatoms. The first kappa shape index (κ1) is 10.6. The first-order valence-electron chi connectivity index (χ1n) is 4.95. The van der Waals surface area contributed by atoms with E-state index in [4.69, 9.17) is 10.5 Å². The Labute approximate surface area is 92.0 Å². The molecule has 0 spiro atoms. The lowest BCUT2D eigenvalue weighted by Gasteiger charge is -2.02. The number of pyridine rings is 1. The van der Waals surface area contributed by atoms with Gasteiger partial charge in [0.1, 0.15) is 0 Å². The van der Waals surface area contributed by atoms with E-state index in [9.17, 15) is 4.79 Å². The summed E-state index contributed by atoms with van der Waals surface area (Å²) in [5.74, 6) is -0.369. The molecule has 0 saturated heterocycles. The van der Waals surface area contributed by atoms with Gasteiger partial charge in [-0.15, -0.1) is 0 Å². The fourth-order valence-electron chi connectivity index (χ4n) is 1.50. The molecule has 0 fully saturated rings. The van der Waals surface area contributed by atoms with Crippen molar-refractivity contribution in [1.82, 2.24) is 14.8 Å². The van der Waals surface area contributed by atoms with Crippen LogP contribution < -0.4 is 5.73 Å². The average Bonchev–Trinajstić information content (AvgIpc) is 2.71. The zero-order valence-electron chi connectivity index (χ0n) is 8.88. The summed E-state index contributed by atoms with van der Waals surface area (Å²) in [5.41, 5.74) is 6.54. The number of nitrogens with two attached hydrogens (primary N) is 1. The molecule has 0 radical (unpaired) electrons. The van der Waals surface area contributed by atoms with Gasteiger partial charge in [-0.3, -0.25) is 0 Å². The van der Waals surface area contributed by atoms with Crippen LogP contribution in [0.3, 0.4) is 0 Å². The van der Waals surface area contributed by atoms with E-state index in [-0.39, 0.29) is 12.6 Å². The van der Waals surface area contributed by atoms with Gasteiger partial charge in [0.15, 0.2) is 5.65 Å². The molecule has 0 unspecified atom stereocenters. The smallest absolute Gasteiger partial charge is 0.338 e. The predicted molar refractivity (Wildman–Crippen MR) is 57.7 cm³/mol. The highest BCUT2D eigenvalue weighted by atomic mass is 16.5. The van der Waals surface area contributed by atoms with Gasteiger partial charge in [-0.2, -0.15) is 5.10 Å². The SMILES string of the molecule is CCOC(=O)c1ccnc2c1cnn2CN. The maximum atomic E-state index is 11.6. The lowest BCUT2D eigenvalue weighted by atomic mass is 10.2. The van der Waals surface area contributed by atoms with Gasteiger partial charge in [0.05, 0.1) is 30.4 Å². The molecular weight excluding hydrogens is 208 g/mol. The monoisotopic (exact) mass is 220 g/mol. The summed E-state index contributed by atoms with van der Waals surface area (Å²) in [6.07, 6.45) is 3.11. The van der Waals surface area contributed by atoms with Crippen LogP contribution in [0.1, 0.15) is 17.3 Å². The Bertz CT molecular complexity index is 521. The van der Waals surface area contributed by atoms with E-state index in [1.165, 1.54) is 4.68 Å². The van der Waals surface area contributed by atoms with Crippen molar-refractivity contribution < 1.29 is 9.53 Å². The molecule has 16 heavy (non-hydrogen) atoms. The molecule has 0 amide bonds. The Morgan fingerprint density at radius 2 is 2.44 bits per heavy atom. The van der Waals surface area contributed by atoms with Crippen molar-refractivity contribution in [2.75, 3.05) is 6.61 Å². The third kappa shape index (κ3) is 1.63. The molecule has 0 saturated carbocycles. The van der Waals surface area contributed by atoms with Crippen molar-refractivity contribution in [3.8, 4) is 0 Å². The molecular formula is C10H12N4O2. The Kier molecular flexibility index (Phi) is 2.82. The number of aromatic nitrogens is 3. The molecule has 0 aliphatic carbocycles. The molecule has 6 nitrogen and oxygen atoms in total. The van der Waals surface area contributed by atoms with Crippen molar-refractivity contribution in [3.63, 3.8) is 0 Å². The van der Waals surface area contributed by atoms with Crippen molar-refractivity contribution >= 4 is 17.0 Å². The second kappa shape index (κ2) is 4.28. The highest BCUT2D eigenvalue weighted by Gasteiger charge is 2.14. The van der Waals surface area contributed by atoms with Crippen LogP contribution in [0, 0.1) is 0 Å². The van der Waals surface area contributed by atoms with Crippen molar-refractivity contribution in [3.05, 3.63) is 24.0 Å². The maximum absolute atomic E-state index is 11.6. The third-order valence-corrected chi connectivity index (χ3v) is 2.21. The van der Waals surface area contributed by atoms with Gasteiger partial charge in [-0.1, -0.05) is 0 Å². The van der Waals surface area contributed by atoms with E-state index >= 15 is 0 Å². The number of hydrogen-bond donors (Lipinski definition) is 1. The lowest BCUT2D eigenvalue weighted by Crippen LogP contribution is -2.09. The fraction of sp³-hybridized carbons (Fsp3) is 0.300. The van der Waals surface area contributed by atoms with Crippen LogP contribution in [-0.4, -0.2) is 27.3 Å². The highest BCUT2D eigenvalue weighted by molar-refractivity contribution is 6.02. The Morgan fingerprint density at radius 1 is 1.62 bits per heavy atom. The summed E-state index contributed by atoms with van der Waals surface area (Å²) >= 11 is 0. The quantitative estimate of drug-likeness (QED) is 0.762. The minimum Gasteiger partial charge on any atom is -0.462 e. The number of carbonyl (C=O) groups excluding carboxylic acids is 1. The summed E-state index contributed by atoms with van der Waals surface area (Å²) in [7, 11) is 0. The molecule has 0 atom stereocenters. The number of nitrogens with zero attached hydrogens (tertiary/aromatic N) is 3. The molecule has 2 aromatic rings. The first-order valence-corrected chi connectivity index (χ1v) is 4.95. The zero-order chi connectivity index (χ0) is 11.5. The largest absolute Gasteiger partial charge is 0.462 e. The standard InChI is InChI=1S/C10H12N4O2/c1-2-16-10(15)7-3-4-12-9-8(7)5-13-14(9)6-11/h3-5H,2,6,11H2,1H3. The predicted octanol–water partition coefficient (Wildman–Crippen LogP) is 0.524. The molecule has 2 rings (SSSR count). The van der Waals surface area contributed by atoms with Gasteiger partial charge >= 0.3 is 5.97 Å². The Balaban J connectivity index is 2.54. The molecule has 0 aromatic carbocycles.